The van der Waals surface area contributed by atoms with Crippen LogP contribution in [0.2, 0.25) is 35.5 Å². The van der Waals surface area contributed by atoms with Gasteiger partial charge in [-0.1, -0.05) is 0 Å². The zero-order valence-corrected chi connectivity index (χ0v) is 25.8. The molecule has 0 aliphatic heterocycles. The van der Waals surface area contributed by atoms with Crippen LogP contribution in [0.15, 0.2) is 66.3 Å². The molecular formula is C29H42HfSi. The Morgan fingerprint density at radius 2 is 1.55 bits per heavy atom. The maximum atomic E-state index is 2.81. The van der Waals surface area contributed by atoms with Gasteiger partial charge in [0.05, 0.1) is 0 Å². The number of allylic oxidation sites excluding steroid dienone is 5. The van der Waals surface area contributed by atoms with Crippen molar-refractivity contribution < 1.29 is 14.2 Å². The molecule has 2 aromatic rings. The second-order valence-corrected chi connectivity index (χ2v) is 103. The van der Waals surface area contributed by atoms with Gasteiger partial charge in [0.2, 0.25) is 0 Å². The van der Waals surface area contributed by atoms with E-state index in [1.807, 2.05) is 0 Å². The van der Waals surface area contributed by atoms with Crippen LogP contribution in [0.3, 0.4) is 0 Å². The normalized spacial score (nSPS) is 24.3. The van der Waals surface area contributed by atoms with Gasteiger partial charge in [0.1, 0.15) is 0 Å². The second kappa shape index (κ2) is 5.92. The van der Waals surface area contributed by atoms with Gasteiger partial charge in [-0.15, -0.1) is 0 Å². The van der Waals surface area contributed by atoms with Crippen LogP contribution in [0, 0.1) is 5.41 Å². The molecule has 2 unspecified atom stereocenters. The minimum absolute atomic E-state index is 0.323. The van der Waals surface area contributed by atoms with E-state index in [0.29, 0.717) is 12.8 Å². The standard InChI is InChI=1S/C13H9.C10H15.C2H6Si.4CH3.Hf/c1-2-6-12-10(4-1)8-9-11-5-3-7-13(11)12;1-10(2,3)8-9-6-4-5-7-9;1-3-2;;;;;/h1-9H;4-7H,8H2,1-3H3;1-2H3;4*1H3;. The molecule has 2 aromatic carbocycles. The third-order valence-corrected chi connectivity index (χ3v) is 103. The van der Waals surface area contributed by atoms with E-state index in [4.69, 9.17) is 0 Å². The topological polar surface area (TPSA) is 0 Å². The summed E-state index contributed by atoms with van der Waals surface area (Å²) in [7, 11) is 0. The van der Waals surface area contributed by atoms with Gasteiger partial charge in [-0.25, -0.2) is 0 Å². The molecule has 0 amide bonds. The molecule has 0 saturated heterocycles. The first kappa shape index (κ1) is 23.2. The summed E-state index contributed by atoms with van der Waals surface area (Å²) >= 11 is -4.52. The third kappa shape index (κ3) is 3.15. The molecule has 2 atom stereocenters. The summed E-state index contributed by atoms with van der Waals surface area (Å²) in [5, 5.41) is 2.77. The Balaban J connectivity index is 2.00. The Kier molecular flexibility index (Phi) is 4.42. The van der Waals surface area contributed by atoms with Crippen LogP contribution >= 0.6 is 0 Å². The fraction of sp³-hybridized carbons (Fsp3) is 0.448. The van der Waals surface area contributed by atoms with E-state index in [9.17, 15) is 0 Å². The van der Waals surface area contributed by atoms with Gasteiger partial charge in [0.15, 0.2) is 0 Å². The van der Waals surface area contributed by atoms with Crippen molar-refractivity contribution in [2.24, 2.45) is 5.41 Å². The van der Waals surface area contributed by atoms with Crippen LogP contribution in [0.1, 0.15) is 42.0 Å². The molecule has 0 N–H and O–H groups in total. The average Bonchev–Trinajstić information content (AvgIpc) is 3.28. The quantitative estimate of drug-likeness (QED) is 0.309. The third-order valence-electron chi connectivity index (χ3n) is 10.3. The molecule has 166 valence electrons. The van der Waals surface area contributed by atoms with Gasteiger partial charge >= 0.3 is 186 Å². The Morgan fingerprint density at radius 1 is 0.871 bits per heavy atom. The van der Waals surface area contributed by atoms with E-state index >= 15 is 0 Å². The van der Waals surface area contributed by atoms with Crippen LogP contribution in [-0.2, 0) is 14.2 Å². The number of benzene rings is 2. The Morgan fingerprint density at radius 3 is 2.19 bits per heavy atom. The molecule has 2 aliphatic rings. The predicted octanol–water partition coefficient (Wildman–Crippen LogP) is 9.83. The Labute approximate surface area is 184 Å². The summed E-state index contributed by atoms with van der Waals surface area (Å²) in [5.41, 5.74) is 4.27. The maximum absolute atomic E-state index is 4.52. The zero-order chi connectivity index (χ0) is 23.0. The fourth-order valence-electron chi connectivity index (χ4n) is 6.41. The first-order valence-corrected chi connectivity index (χ1v) is 38.5. The molecule has 0 fully saturated rings. The fourth-order valence-corrected chi connectivity index (χ4v) is 44.7. The molecule has 0 bridgehead atoms. The minimum atomic E-state index is -4.52. The number of fused-ring (bicyclic) bond motifs is 3. The molecule has 0 nitrogen and oxygen atoms in total. The first-order valence-electron chi connectivity index (χ1n) is 12.1. The molecule has 0 aromatic heterocycles. The number of hydrogen-bond donors (Lipinski definition) is 0. The molecule has 31 heavy (non-hydrogen) atoms. The molecule has 4 rings (SSSR count). The molecule has 2 aliphatic carbocycles. The van der Waals surface area contributed by atoms with Gasteiger partial charge < -0.3 is 0 Å². The SMILES string of the molecule is C[Si](C)=[Hf]([CH3])([CH3])([CH3])([CH3])([CH]1C=CC(CC(C)(C)C)=C1)[CH]1C=Cc2c1ccc1ccccc21. The van der Waals surface area contributed by atoms with Crippen molar-refractivity contribution in [1.29, 1.82) is 0 Å². The monoisotopic (exact) mass is 598 g/mol. The average molecular weight is 597 g/mol. The molecule has 0 heterocycles. The Bertz CT molecular complexity index is 1310. The van der Waals surface area contributed by atoms with Crippen LogP contribution in [0.25, 0.3) is 16.8 Å². The Hall–Kier alpha value is -0.993. The summed E-state index contributed by atoms with van der Waals surface area (Å²) < 4.78 is 12.3. The van der Waals surface area contributed by atoms with Crippen molar-refractivity contribution >= 4 is 22.3 Å². The molecule has 0 saturated carbocycles. The van der Waals surface area contributed by atoms with Crippen molar-refractivity contribution in [3.05, 3.63) is 77.4 Å². The van der Waals surface area contributed by atoms with Crippen LogP contribution in [0.5, 0.6) is 0 Å². The molecule has 0 spiro atoms. The van der Waals surface area contributed by atoms with E-state index in [1.165, 1.54) is 16.3 Å². The van der Waals surface area contributed by atoms with E-state index in [-0.39, 0.29) is 0 Å². The number of hydrogen-bond acceptors (Lipinski definition) is 0. The van der Waals surface area contributed by atoms with E-state index in [2.05, 4.69) is 119 Å². The van der Waals surface area contributed by atoms with E-state index in [1.54, 1.807) is 11.1 Å². The van der Waals surface area contributed by atoms with Crippen molar-refractivity contribution in [2.75, 3.05) is 0 Å². The van der Waals surface area contributed by atoms with Gasteiger partial charge in [0, 0.05) is 0 Å². The van der Waals surface area contributed by atoms with Gasteiger partial charge in [-0.3, -0.25) is 0 Å². The van der Waals surface area contributed by atoms with Crippen LogP contribution in [-0.4, -0.2) is 5.49 Å². The summed E-state index contributed by atoms with van der Waals surface area (Å²) in [5.74, 6) is 0. The predicted molar refractivity (Wildman–Crippen MR) is 142 cm³/mol. The summed E-state index contributed by atoms with van der Waals surface area (Å²) in [4.78, 5) is 0. The molecule has 2 heteroatoms. The molecule has 0 radical (unpaired) electrons. The van der Waals surface area contributed by atoms with Gasteiger partial charge in [0.25, 0.3) is 0 Å². The van der Waals surface area contributed by atoms with E-state index in [0.717, 1.165) is 6.42 Å². The van der Waals surface area contributed by atoms with Crippen LogP contribution in [0.4, 0.5) is 0 Å². The van der Waals surface area contributed by atoms with Crippen molar-refractivity contribution in [3.63, 3.8) is 0 Å². The summed E-state index contributed by atoms with van der Waals surface area (Å²) in [6, 6.07) is 13.7. The van der Waals surface area contributed by atoms with Crippen molar-refractivity contribution in [2.45, 2.75) is 66.4 Å². The second-order valence-electron chi connectivity index (χ2n) is 15.8. The number of rotatable bonds is 3. The molecular weight excluding hydrogens is 555 g/mol. The van der Waals surface area contributed by atoms with Crippen molar-refractivity contribution in [3.8, 4) is 0 Å². The van der Waals surface area contributed by atoms with Gasteiger partial charge in [-0.05, 0) is 0 Å². The van der Waals surface area contributed by atoms with Gasteiger partial charge in [-0.2, -0.15) is 0 Å². The first-order chi connectivity index (χ1) is 14.0. The zero-order valence-electron chi connectivity index (χ0n) is 21.2. The van der Waals surface area contributed by atoms with E-state index < -0.39 is 19.7 Å². The van der Waals surface area contributed by atoms with Crippen LogP contribution < -0.4 is 0 Å². The summed E-state index contributed by atoms with van der Waals surface area (Å²) in [6.45, 7) is 12.3. The summed E-state index contributed by atoms with van der Waals surface area (Å²) in [6.07, 6.45) is 14.0. The van der Waals surface area contributed by atoms with Crippen molar-refractivity contribution in [1.82, 2.24) is 0 Å².